The minimum atomic E-state index is -1.45. The van der Waals surface area contributed by atoms with Gasteiger partial charge in [0.05, 0.1) is 4.92 Å². The average molecular weight is 285 g/mol. The molecule has 0 atom stereocenters. The molecule has 0 heterocycles. The van der Waals surface area contributed by atoms with Crippen LogP contribution in [0.2, 0.25) is 0 Å². The summed E-state index contributed by atoms with van der Waals surface area (Å²) in [6, 6.07) is 1.44. The molecule has 8 heteroatoms. The fraction of sp³-hybridized carbons (Fsp3) is 0.417. The predicted molar refractivity (Wildman–Crippen MR) is 67.0 cm³/mol. The number of nitrogens with one attached hydrogen (secondary N) is 1. The first-order valence-electron chi connectivity index (χ1n) is 6.03. The number of hydrogen-bond donors (Lipinski definition) is 2. The summed E-state index contributed by atoms with van der Waals surface area (Å²) in [4.78, 5) is 21.6. The van der Waals surface area contributed by atoms with Crippen LogP contribution < -0.4 is 11.1 Å². The quantitative estimate of drug-likeness (QED) is 0.653. The number of amides is 1. The van der Waals surface area contributed by atoms with E-state index in [4.69, 9.17) is 5.73 Å². The summed E-state index contributed by atoms with van der Waals surface area (Å²) in [5.41, 5.74) is 3.75. The monoisotopic (exact) mass is 285 g/mol. The highest BCUT2D eigenvalue weighted by Crippen LogP contribution is 2.34. The van der Waals surface area contributed by atoms with Crippen molar-refractivity contribution < 1.29 is 18.5 Å². The first-order chi connectivity index (χ1) is 9.32. The van der Waals surface area contributed by atoms with Crippen molar-refractivity contribution >= 4 is 17.3 Å². The molecule has 1 fully saturated rings. The van der Waals surface area contributed by atoms with Gasteiger partial charge in [-0.1, -0.05) is 0 Å². The molecule has 0 aliphatic heterocycles. The van der Waals surface area contributed by atoms with Crippen LogP contribution in [-0.4, -0.2) is 16.4 Å². The predicted octanol–water partition coefficient (Wildman–Crippen LogP) is 2.08. The Morgan fingerprint density at radius 3 is 2.60 bits per heavy atom. The number of nitrogens with zero attached hydrogens (tertiary/aromatic N) is 1. The molecule has 0 unspecified atom stereocenters. The molecule has 0 bridgehead atoms. The molecule has 0 spiro atoms. The lowest BCUT2D eigenvalue weighted by atomic mass is 9.75. The van der Waals surface area contributed by atoms with Crippen LogP contribution in [0.1, 0.15) is 25.7 Å². The Morgan fingerprint density at radius 1 is 1.45 bits per heavy atom. The third kappa shape index (κ3) is 2.74. The highest BCUT2D eigenvalue weighted by Gasteiger charge is 2.35. The SMILES string of the molecule is NC1(CC(=O)Nc2c([N+](=O)[O-])ccc(F)c2F)CCC1. The van der Waals surface area contributed by atoms with Crippen LogP contribution in [0.4, 0.5) is 20.2 Å². The van der Waals surface area contributed by atoms with Crippen LogP contribution in [0.25, 0.3) is 0 Å². The minimum absolute atomic E-state index is 0.0832. The van der Waals surface area contributed by atoms with Gasteiger partial charge in [0.25, 0.3) is 5.69 Å². The molecule has 1 saturated carbocycles. The van der Waals surface area contributed by atoms with Crippen molar-refractivity contribution in [2.75, 3.05) is 5.32 Å². The zero-order valence-electron chi connectivity index (χ0n) is 10.5. The summed E-state index contributed by atoms with van der Waals surface area (Å²) in [6.07, 6.45) is 2.14. The maximum atomic E-state index is 13.6. The third-order valence-corrected chi connectivity index (χ3v) is 3.40. The molecule has 0 saturated heterocycles. The fourth-order valence-electron chi connectivity index (χ4n) is 2.12. The van der Waals surface area contributed by atoms with Crippen LogP contribution >= 0.6 is 0 Å². The Balaban J connectivity index is 2.21. The zero-order chi connectivity index (χ0) is 14.9. The van der Waals surface area contributed by atoms with Crippen molar-refractivity contribution in [2.24, 2.45) is 5.73 Å². The molecule has 108 valence electrons. The Kier molecular flexibility index (Phi) is 3.67. The summed E-state index contributed by atoms with van der Waals surface area (Å²) in [6.45, 7) is 0. The maximum absolute atomic E-state index is 13.6. The lowest BCUT2D eigenvalue weighted by Crippen LogP contribution is -2.49. The number of hydrogen-bond acceptors (Lipinski definition) is 4. The topological polar surface area (TPSA) is 98.3 Å². The van der Waals surface area contributed by atoms with Gasteiger partial charge in [-0.05, 0) is 25.3 Å². The highest BCUT2D eigenvalue weighted by atomic mass is 19.2. The summed E-state index contributed by atoms with van der Waals surface area (Å²) < 4.78 is 26.7. The number of carbonyl (C=O) groups excluding carboxylic acids is 1. The molecular formula is C12H13F2N3O3. The number of nitro groups is 1. The number of nitrogens with two attached hydrogens (primary N) is 1. The average Bonchev–Trinajstić information content (AvgIpc) is 2.32. The van der Waals surface area contributed by atoms with E-state index in [1.165, 1.54) is 0 Å². The first kappa shape index (κ1) is 14.3. The lowest BCUT2D eigenvalue weighted by molar-refractivity contribution is -0.384. The van der Waals surface area contributed by atoms with E-state index in [2.05, 4.69) is 0 Å². The van der Waals surface area contributed by atoms with Crippen LogP contribution in [0.5, 0.6) is 0 Å². The van der Waals surface area contributed by atoms with Crippen LogP contribution in [0.3, 0.4) is 0 Å². The second-order valence-corrected chi connectivity index (χ2v) is 4.95. The van der Waals surface area contributed by atoms with Gasteiger partial charge in [0, 0.05) is 18.0 Å². The number of rotatable bonds is 4. The Bertz CT molecular complexity index is 573. The molecule has 3 N–H and O–H groups in total. The molecular weight excluding hydrogens is 272 g/mol. The van der Waals surface area contributed by atoms with Crippen molar-refractivity contribution in [3.8, 4) is 0 Å². The van der Waals surface area contributed by atoms with Gasteiger partial charge in [0.2, 0.25) is 5.91 Å². The maximum Gasteiger partial charge on any atom is 0.296 e. The van der Waals surface area contributed by atoms with Gasteiger partial charge < -0.3 is 11.1 Å². The Hall–Kier alpha value is -2.09. The molecule has 0 aromatic heterocycles. The first-order valence-corrected chi connectivity index (χ1v) is 6.03. The fourth-order valence-corrected chi connectivity index (χ4v) is 2.12. The number of nitro benzene ring substituents is 1. The van der Waals surface area contributed by atoms with Crippen molar-refractivity contribution in [1.82, 2.24) is 0 Å². The second-order valence-electron chi connectivity index (χ2n) is 4.95. The number of halogens is 2. The van der Waals surface area contributed by atoms with E-state index in [1.54, 1.807) is 0 Å². The molecule has 1 aromatic carbocycles. The summed E-state index contributed by atoms with van der Waals surface area (Å²) in [5.74, 6) is -3.39. The van der Waals surface area contributed by atoms with Gasteiger partial charge in [-0.15, -0.1) is 0 Å². The van der Waals surface area contributed by atoms with Crippen LogP contribution in [0, 0.1) is 21.7 Å². The van der Waals surface area contributed by atoms with Gasteiger partial charge >= 0.3 is 0 Å². The van der Waals surface area contributed by atoms with E-state index < -0.39 is 39.4 Å². The van der Waals surface area contributed by atoms with E-state index in [0.717, 1.165) is 12.5 Å². The number of benzene rings is 1. The van der Waals surface area contributed by atoms with Gasteiger partial charge in [-0.2, -0.15) is 0 Å². The van der Waals surface area contributed by atoms with Gasteiger partial charge in [-0.25, -0.2) is 8.78 Å². The molecule has 1 aromatic rings. The van der Waals surface area contributed by atoms with Gasteiger partial charge in [0.15, 0.2) is 17.3 Å². The van der Waals surface area contributed by atoms with Crippen molar-refractivity contribution in [3.05, 3.63) is 33.9 Å². The number of carbonyl (C=O) groups is 1. The summed E-state index contributed by atoms with van der Waals surface area (Å²) in [5, 5.41) is 12.8. The largest absolute Gasteiger partial charge is 0.325 e. The third-order valence-electron chi connectivity index (χ3n) is 3.40. The Morgan fingerprint density at radius 2 is 2.10 bits per heavy atom. The normalized spacial score (nSPS) is 16.4. The molecule has 1 aliphatic carbocycles. The Labute approximate surface area is 113 Å². The van der Waals surface area contributed by atoms with E-state index >= 15 is 0 Å². The zero-order valence-corrected chi connectivity index (χ0v) is 10.5. The van der Waals surface area contributed by atoms with Crippen LogP contribution in [0.15, 0.2) is 12.1 Å². The minimum Gasteiger partial charge on any atom is -0.325 e. The molecule has 6 nitrogen and oxygen atoms in total. The van der Waals surface area contributed by atoms with E-state index in [0.29, 0.717) is 18.9 Å². The van der Waals surface area contributed by atoms with Gasteiger partial charge in [0.1, 0.15) is 0 Å². The summed E-state index contributed by atoms with van der Waals surface area (Å²) >= 11 is 0. The molecule has 0 radical (unpaired) electrons. The molecule has 2 rings (SSSR count). The van der Waals surface area contributed by atoms with Crippen LogP contribution in [-0.2, 0) is 4.79 Å². The van der Waals surface area contributed by atoms with Crippen molar-refractivity contribution in [1.29, 1.82) is 0 Å². The second kappa shape index (κ2) is 5.12. The van der Waals surface area contributed by atoms with Crippen molar-refractivity contribution in [2.45, 2.75) is 31.2 Å². The summed E-state index contributed by atoms with van der Waals surface area (Å²) in [7, 11) is 0. The van der Waals surface area contributed by atoms with E-state index in [-0.39, 0.29) is 6.42 Å². The van der Waals surface area contributed by atoms with E-state index in [1.807, 2.05) is 5.32 Å². The highest BCUT2D eigenvalue weighted by molar-refractivity contribution is 5.94. The standard InChI is InChI=1S/C12H13F2N3O3/c13-7-2-3-8(17(19)20)11(10(7)14)16-9(18)6-12(15)4-1-5-12/h2-3H,1,4-6,15H2,(H,16,18). The van der Waals surface area contributed by atoms with Crippen molar-refractivity contribution in [3.63, 3.8) is 0 Å². The lowest BCUT2D eigenvalue weighted by Gasteiger charge is -2.37. The molecule has 1 amide bonds. The van der Waals surface area contributed by atoms with E-state index in [9.17, 15) is 23.7 Å². The molecule has 1 aliphatic rings. The smallest absolute Gasteiger partial charge is 0.296 e. The van der Waals surface area contributed by atoms with Gasteiger partial charge in [-0.3, -0.25) is 14.9 Å². The number of anilines is 1. The molecule has 20 heavy (non-hydrogen) atoms.